The van der Waals surface area contributed by atoms with E-state index in [9.17, 15) is 0 Å². The fourth-order valence-electron chi connectivity index (χ4n) is 1.41. The Kier molecular flexibility index (Phi) is 18.8. The van der Waals surface area contributed by atoms with Crippen molar-refractivity contribution in [3.8, 4) is 0 Å². The molecule has 0 aromatic heterocycles. The van der Waals surface area contributed by atoms with Crippen LogP contribution in [-0.4, -0.2) is 24.4 Å². The molecule has 0 amide bonds. The van der Waals surface area contributed by atoms with Crippen LogP contribution in [-0.2, 0) is 21.7 Å². The molecule has 0 heterocycles. The van der Waals surface area contributed by atoms with Crippen LogP contribution in [0.3, 0.4) is 0 Å². The van der Waals surface area contributed by atoms with Crippen LogP contribution in [0.2, 0.25) is 0 Å². The summed E-state index contributed by atoms with van der Waals surface area (Å²) < 4.78 is 0. The molecule has 0 aliphatic heterocycles. The molecule has 2 N–H and O–H groups in total. The maximum absolute atomic E-state index is 7.00. The Morgan fingerprint density at radius 3 is 1.31 bits per heavy atom. The third-order valence-corrected chi connectivity index (χ3v) is 2.56. The number of halogens is 1. The first kappa shape index (κ1) is 25.3. The summed E-state index contributed by atoms with van der Waals surface area (Å²) in [6, 6.07) is 0. The molecule has 4 heteroatoms. The van der Waals surface area contributed by atoms with E-state index in [1.54, 1.807) is 0 Å². The van der Waals surface area contributed by atoms with E-state index in [0.29, 0.717) is 0 Å². The van der Waals surface area contributed by atoms with Gasteiger partial charge in [-0.2, -0.15) is 11.1 Å². The van der Waals surface area contributed by atoms with Crippen LogP contribution in [0.25, 0.3) is 0 Å². The molecule has 0 unspecified atom stereocenters. The molecule has 1 rings (SSSR count). The van der Waals surface area contributed by atoms with Crippen LogP contribution < -0.4 is 0 Å². The summed E-state index contributed by atoms with van der Waals surface area (Å²) >= 11 is 0. The number of hydrogen-bond acceptors (Lipinski definition) is 2. The fraction of sp³-hybridized carbons (Fsp3) is 0.667. The summed E-state index contributed by atoms with van der Waals surface area (Å²) in [5.74, 6) is 0. The Morgan fingerprint density at radius 2 is 1.25 bits per heavy atom. The second kappa shape index (κ2) is 11.9. The van der Waals surface area contributed by atoms with Crippen molar-refractivity contribution in [1.29, 1.82) is 0 Å². The SMILES string of the molecule is CC1=[C-]C(C)(C)C(C)=C1C.CO.CO.Cl.[Ti]. The largest absolute Gasteiger partial charge is 0.400 e. The van der Waals surface area contributed by atoms with E-state index in [-0.39, 0.29) is 39.5 Å². The number of allylic oxidation sites excluding steroid dienone is 4. The normalized spacial score (nSPS) is 15.4. The average Bonchev–Trinajstić information content (AvgIpc) is 2.36. The monoisotopic (exact) mass is 283 g/mol. The van der Waals surface area contributed by atoms with Crippen molar-refractivity contribution in [3.05, 3.63) is 22.8 Å². The standard InChI is InChI=1S/C10H15.2CH4O.ClH.Ti/c1-7-6-10(4,5)9(3)8(7)2;2*1-2;;/h1-5H3;2*2H,1H3;1H;/q-1;;;;. The molecular formula is C12H24ClO2Ti-. The number of aliphatic hydroxyl groups is 2. The second-order valence-corrected chi connectivity index (χ2v) is 3.62. The first-order valence-electron chi connectivity index (χ1n) is 4.64. The van der Waals surface area contributed by atoms with E-state index >= 15 is 0 Å². The van der Waals surface area contributed by atoms with E-state index in [0.717, 1.165) is 14.2 Å². The molecule has 0 saturated heterocycles. The maximum Gasteiger partial charge on any atom is 0.0319 e. The van der Waals surface area contributed by atoms with Crippen molar-refractivity contribution in [2.75, 3.05) is 14.2 Å². The molecule has 0 radical (unpaired) electrons. The predicted octanol–water partition coefficient (Wildman–Crippen LogP) is 2.75. The van der Waals surface area contributed by atoms with Crippen molar-refractivity contribution < 1.29 is 31.9 Å². The molecule has 96 valence electrons. The molecule has 0 aromatic carbocycles. The Labute approximate surface area is 121 Å². The van der Waals surface area contributed by atoms with Crippen LogP contribution in [0.5, 0.6) is 0 Å². The molecule has 0 bridgehead atoms. The van der Waals surface area contributed by atoms with Crippen molar-refractivity contribution in [2.24, 2.45) is 5.41 Å². The van der Waals surface area contributed by atoms with Gasteiger partial charge in [-0.3, -0.25) is 6.08 Å². The minimum absolute atomic E-state index is 0. The zero-order valence-corrected chi connectivity index (χ0v) is 13.7. The van der Waals surface area contributed by atoms with Crippen molar-refractivity contribution >= 4 is 12.4 Å². The van der Waals surface area contributed by atoms with E-state index in [1.807, 2.05) is 0 Å². The molecule has 0 atom stereocenters. The maximum atomic E-state index is 7.00. The van der Waals surface area contributed by atoms with Gasteiger partial charge >= 0.3 is 0 Å². The van der Waals surface area contributed by atoms with Crippen molar-refractivity contribution in [1.82, 2.24) is 0 Å². The van der Waals surface area contributed by atoms with Gasteiger partial charge < -0.3 is 10.2 Å². The zero-order valence-electron chi connectivity index (χ0n) is 11.3. The third-order valence-electron chi connectivity index (χ3n) is 2.56. The van der Waals surface area contributed by atoms with E-state index < -0.39 is 0 Å². The molecule has 16 heavy (non-hydrogen) atoms. The molecule has 0 aromatic rings. The topological polar surface area (TPSA) is 40.5 Å². The van der Waals surface area contributed by atoms with Crippen LogP contribution in [0.1, 0.15) is 34.6 Å². The zero-order chi connectivity index (χ0) is 11.9. The number of aliphatic hydroxyl groups excluding tert-OH is 2. The summed E-state index contributed by atoms with van der Waals surface area (Å²) in [5, 5.41) is 14.0. The summed E-state index contributed by atoms with van der Waals surface area (Å²) in [4.78, 5) is 0. The molecule has 1 aliphatic carbocycles. The quantitative estimate of drug-likeness (QED) is 0.530. The van der Waals surface area contributed by atoms with Gasteiger partial charge in [0.1, 0.15) is 0 Å². The average molecular weight is 284 g/mol. The van der Waals surface area contributed by atoms with E-state index in [1.165, 1.54) is 16.7 Å². The summed E-state index contributed by atoms with van der Waals surface area (Å²) in [6.45, 7) is 10.9. The molecule has 0 fully saturated rings. The molecule has 0 saturated carbocycles. The van der Waals surface area contributed by atoms with Gasteiger partial charge in [0.2, 0.25) is 0 Å². The van der Waals surface area contributed by atoms with Crippen molar-refractivity contribution in [3.63, 3.8) is 0 Å². The second-order valence-electron chi connectivity index (χ2n) is 3.62. The molecular weight excluding hydrogens is 259 g/mol. The Hall–Kier alpha value is 0.404. The van der Waals surface area contributed by atoms with Gasteiger partial charge in [0.05, 0.1) is 0 Å². The van der Waals surface area contributed by atoms with E-state index in [2.05, 4.69) is 40.7 Å². The van der Waals surface area contributed by atoms with Crippen molar-refractivity contribution in [2.45, 2.75) is 34.6 Å². The van der Waals surface area contributed by atoms with Crippen LogP contribution in [0, 0.1) is 11.5 Å². The number of hydrogen-bond donors (Lipinski definition) is 2. The minimum atomic E-state index is 0. The summed E-state index contributed by atoms with van der Waals surface area (Å²) in [5.41, 5.74) is 4.39. The Morgan fingerprint density at radius 1 is 0.938 bits per heavy atom. The molecule has 1 aliphatic rings. The Balaban J connectivity index is -0.000000109. The Bertz CT molecular complexity index is 233. The smallest absolute Gasteiger partial charge is 0.0319 e. The first-order valence-corrected chi connectivity index (χ1v) is 4.64. The fourth-order valence-corrected chi connectivity index (χ4v) is 1.41. The van der Waals surface area contributed by atoms with Gasteiger partial charge in [-0.25, -0.2) is 5.57 Å². The van der Waals surface area contributed by atoms with Gasteiger partial charge in [-0.15, -0.1) is 19.3 Å². The third kappa shape index (κ3) is 6.87. The van der Waals surface area contributed by atoms with Gasteiger partial charge in [-0.1, -0.05) is 33.1 Å². The molecule has 2 nitrogen and oxygen atoms in total. The van der Waals surface area contributed by atoms with Crippen LogP contribution in [0.4, 0.5) is 0 Å². The predicted molar refractivity (Wildman–Crippen MR) is 68.1 cm³/mol. The van der Waals surface area contributed by atoms with Gasteiger partial charge in [-0.05, 0) is 0 Å². The van der Waals surface area contributed by atoms with Gasteiger partial charge in [0, 0.05) is 35.9 Å². The van der Waals surface area contributed by atoms with Gasteiger partial charge in [0.25, 0.3) is 0 Å². The summed E-state index contributed by atoms with van der Waals surface area (Å²) in [7, 11) is 2.00. The van der Waals surface area contributed by atoms with Gasteiger partial charge in [0.15, 0.2) is 0 Å². The van der Waals surface area contributed by atoms with E-state index in [4.69, 9.17) is 10.2 Å². The molecule has 0 spiro atoms. The number of rotatable bonds is 0. The minimum Gasteiger partial charge on any atom is -0.400 e. The summed E-state index contributed by atoms with van der Waals surface area (Å²) in [6.07, 6.45) is 3.44. The van der Waals surface area contributed by atoms with Crippen LogP contribution >= 0.6 is 12.4 Å². The first-order chi connectivity index (χ1) is 6.45. The van der Waals surface area contributed by atoms with Crippen LogP contribution in [0.15, 0.2) is 16.7 Å².